The first-order valence-electron chi connectivity index (χ1n) is 11.7. The van der Waals surface area contributed by atoms with Crippen LogP contribution in [0.15, 0.2) is 93.0 Å². The average molecular weight is 562 g/mol. The molecule has 0 spiro atoms. The zero-order chi connectivity index (χ0) is 26.3. The minimum atomic E-state index is -0.951. The smallest absolute Gasteiger partial charge is 0.294 e. The first-order valence-corrected chi connectivity index (χ1v) is 12.5. The lowest BCUT2D eigenvalue weighted by Gasteiger charge is -2.28. The van der Waals surface area contributed by atoms with E-state index >= 15 is 0 Å². The molecule has 1 aliphatic rings. The van der Waals surface area contributed by atoms with Gasteiger partial charge in [-0.2, -0.15) is 0 Å². The van der Waals surface area contributed by atoms with E-state index in [1.54, 1.807) is 60.7 Å². The maximum Gasteiger partial charge on any atom is 0.294 e. The highest BCUT2D eigenvalue weighted by molar-refractivity contribution is 9.10. The molecule has 0 saturated carbocycles. The molecule has 1 aliphatic heterocycles. The third kappa shape index (κ3) is 4.49. The quantitative estimate of drug-likeness (QED) is 0.250. The summed E-state index contributed by atoms with van der Waals surface area (Å²) in [5, 5.41) is 11.8. The fourth-order valence-electron chi connectivity index (χ4n) is 4.51. The standard InChI is InChI=1S/C29H24BrNO6/c1-16(2)36-20-11-9-19(10-12-20)31-26(21-6-4-5-7-23(21)35-3)25(28(33)29(31)34)27(32)24-15-17-14-18(30)8-13-22(17)37-24/h4-16,26,33H,1-3H3. The number of carbonyl (C=O) groups is 2. The Bertz CT molecular complexity index is 1540. The van der Waals surface area contributed by atoms with Crippen LogP contribution in [0.2, 0.25) is 0 Å². The van der Waals surface area contributed by atoms with E-state index in [1.807, 2.05) is 26.0 Å². The number of fused-ring (bicyclic) bond motifs is 1. The van der Waals surface area contributed by atoms with Gasteiger partial charge in [0.25, 0.3) is 5.91 Å². The van der Waals surface area contributed by atoms with E-state index in [4.69, 9.17) is 13.9 Å². The van der Waals surface area contributed by atoms with Crippen LogP contribution in [0.1, 0.15) is 36.0 Å². The Morgan fingerprint density at radius 1 is 1.05 bits per heavy atom. The molecule has 1 amide bonds. The van der Waals surface area contributed by atoms with Gasteiger partial charge in [-0.05, 0) is 68.4 Å². The Morgan fingerprint density at radius 3 is 2.49 bits per heavy atom. The number of furan rings is 1. The second-order valence-corrected chi connectivity index (χ2v) is 9.78. The summed E-state index contributed by atoms with van der Waals surface area (Å²) in [4.78, 5) is 28.7. The lowest BCUT2D eigenvalue weighted by molar-refractivity contribution is -0.117. The van der Waals surface area contributed by atoms with E-state index in [2.05, 4.69) is 15.9 Å². The summed E-state index contributed by atoms with van der Waals surface area (Å²) in [5.41, 5.74) is 1.46. The zero-order valence-corrected chi connectivity index (χ0v) is 22.0. The minimum Gasteiger partial charge on any atom is -0.503 e. The van der Waals surface area contributed by atoms with Crippen molar-refractivity contribution < 1.29 is 28.6 Å². The van der Waals surface area contributed by atoms with Crippen molar-refractivity contribution in [2.75, 3.05) is 12.0 Å². The number of nitrogens with zero attached hydrogens (tertiary/aromatic N) is 1. The van der Waals surface area contributed by atoms with Crippen LogP contribution in [0.5, 0.6) is 11.5 Å². The summed E-state index contributed by atoms with van der Waals surface area (Å²) < 4.78 is 18.0. The van der Waals surface area contributed by atoms with E-state index in [-0.39, 0.29) is 17.4 Å². The molecule has 7 nitrogen and oxygen atoms in total. The highest BCUT2D eigenvalue weighted by atomic mass is 79.9. The van der Waals surface area contributed by atoms with Crippen molar-refractivity contribution in [1.82, 2.24) is 0 Å². The number of Topliss-reactive ketones (excluding diaryl/α,β-unsaturated/α-hetero) is 1. The van der Waals surface area contributed by atoms with Gasteiger partial charge < -0.3 is 19.0 Å². The number of aliphatic hydroxyl groups is 1. The molecule has 0 aliphatic carbocycles. The van der Waals surface area contributed by atoms with Gasteiger partial charge in [-0.15, -0.1) is 0 Å². The van der Waals surface area contributed by atoms with Gasteiger partial charge in [0.2, 0.25) is 5.78 Å². The topological polar surface area (TPSA) is 89.2 Å². The summed E-state index contributed by atoms with van der Waals surface area (Å²) in [6.45, 7) is 3.85. The summed E-state index contributed by atoms with van der Waals surface area (Å²) in [6.07, 6.45) is -0.0139. The van der Waals surface area contributed by atoms with E-state index in [1.165, 1.54) is 12.0 Å². The van der Waals surface area contributed by atoms with Crippen molar-refractivity contribution in [2.24, 2.45) is 0 Å². The van der Waals surface area contributed by atoms with Gasteiger partial charge in [0.1, 0.15) is 17.1 Å². The molecule has 2 heterocycles. The first-order chi connectivity index (χ1) is 17.8. The predicted molar refractivity (Wildman–Crippen MR) is 143 cm³/mol. The summed E-state index contributed by atoms with van der Waals surface area (Å²) >= 11 is 3.42. The Balaban J connectivity index is 1.63. The molecule has 1 unspecified atom stereocenters. The van der Waals surface area contributed by atoms with Gasteiger partial charge in [-0.25, -0.2) is 0 Å². The lowest BCUT2D eigenvalue weighted by atomic mass is 9.94. The van der Waals surface area contributed by atoms with Crippen LogP contribution in [0.4, 0.5) is 5.69 Å². The minimum absolute atomic E-state index is 0.0139. The molecule has 1 aromatic heterocycles. The molecule has 188 valence electrons. The number of anilines is 1. The first kappa shape index (κ1) is 24.6. The second kappa shape index (κ2) is 9.78. The Morgan fingerprint density at radius 2 is 1.78 bits per heavy atom. The molecule has 5 rings (SSSR count). The van der Waals surface area contributed by atoms with Gasteiger partial charge in [0, 0.05) is 21.1 Å². The number of methoxy groups -OCH3 is 1. The number of ketones is 1. The number of hydrogen-bond acceptors (Lipinski definition) is 6. The number of amides is 1. The van der Waals surface area contributed by atoms with Crippen LogP contribution in [0, 0.1) is 0 Å². The third-order valence-corrected chi connectivity index (χ3v) is 6.57. The van der Waals surface area contributed by atoms with E-state index in [9.17, 15) is 14.7 Å². The number of aliphatic hydroxyl groups excluding tert-OH is 1. The Hall–Kier alpha value is -4.04. The molecular formula is C29H24BrNO6. The van der Waals surface area contributed by atoms with Crippen LogP contribution in [0.25, 0.3) is 11.0 Å². The fourth-order valence-corrected chi connectivity index (χ4v) is 4.89. The molecule has 0 fully saturated rings. The largest absolute Gasteiger partial charge is 0.503 e. The number of rotatable bonds is 7. The van der Waals surface area contributed by atoms with Gasteiger partial charge in [-0.1, -0.05) is 34.1 Å². The SMILES string of the molecule is COc1ccccc1C1C(C(=O)c2cc3cc(Br)ccc3o2)=C(O)C(=O)N1c1ccc(OC(C)C)cc1. The van der Waals surface area contributed by atoms with Crippen molar-refractivity contribution in [1.29, 1.82) is 0 Å². The Kier molecular flexibility index (Phi) is 6.52. The molecule has 0 saturated heterocycles. The van der Waals surface area contributed by atoms with Crippen LogP contribution in [0.3, 0.4) is 0 Å². The molecular weight excluding hydrogens is 538 g/mol. The van der Waals surface area contributed by atoms with E-state index in [0.29, 0.717) is 33.7 Å². The monoisotopic (exact) mass is 561 g/mol. The predicted octanol–water partition coefficient (Wildman–Crippen LogP) is 6.77. The number of para-hydroxylation sites is 1. The van der Waals surface area contributed by atoms with Crippen LogP contribution in [-0.4, -0.2) is 30.0 Å². The summed E-state index contributed by atoms with van der Waals surface area (Å²) in [6, 6.07) is 20.1. The van der Waals surface area contributed by atoms with E-state index < -0.39 is 23.5 Å². The average Bonchev–Trinajstić information content (AvgIpc) is 3.42. The summed E-state index contributed by atoms with van der Waals surface area (Å²) in [7, 11) is 1.51. The molecule has 0 bridgehead atoms. The molecule has 0 radical (unpaired) electrons. The van der Waals surface area contributed by atoms with Gasteiger partial charge >= 0.3 is 0 Å². The molecule has 1 N–H and O–H groups in total. The fraction of sp³-hybridized carbons (Fsp3) is 0.172. The highest BCUT2D eigenvalue weighted by Gasteiger charge is 2.46. The van der Waals surface area contributed by atoms with Crippen LogP contribution < -0.4 is 14.4 Å². The van der Waals surface area contributed by atoms with Gasteiger partial charge in [-0.3, -0.25) is 14.5 Å². The van der Waals surface area contributed by atoms with Gasteiger partial charge in [0.15, 0.2) is 11.5 Å². The molecule has 4 aromatic rings. The van der Waals surface area contributed by atoms with Crippen LogP contribution in [-0.2, 0) is 4.79 Å². The lowest BCUT2D eigenvalue weighted by Crippen LogP contribution is -2.31. The number of benzene rings is 3. The maximum atomic E-state index is 13.8. The van der Waals surface area contributed by atoms with Crippen molar-refractivity contribution in [3.8, 4) is 11.5 Å². The Labute approximate surface area is 222 Å². The number of halogens is 1. The number of carbonyl (C=O) groups excluding carboxylic acids is 2. The molecule has 37 heavy (non-hydrogen) atoms. The second-order valence-electron chi connectivity index (χ2n) is 8.86. The van der Waals surface area contributed by atoms with Gasteiger partial charge in [0.05, 0.1) is 24.8 Å². The molecule has 1 atom stereocenters. The number of hydrogen-bond donors (Lipinski definition) is 1. The van der Waals surface area contributed by atoms with Crippen molar-refractivity contribution in [2.45, 2.75) is 26.0 Å². The van der Waals surface area contributed by atoms with E-state index in [0.717, 1.165) is 4.47 Å². The maximum absolute atomic E-state index is 13.8. The third-order valence-electron chi connectivity index (χ3n) is 6.08. The normalized spacial score (nSPS) is 15.6. The number of ether oxygens (including phenoxy) is 2. The van der Waals surface area contributed by atoms with Crippen LogP contribution >= 0.6 is 15.9 Å². The highest BCUT2D eigenvalue weighted by Crippen LogP contribution is 2.45. The van der Waals surface area contributed by atoms with Crippen molar-refractivity contribution in [3.63, 3.8) is 0 Å². The summed E-state index contributed by atoms with van der Waals surface area (Å²) in [5.74, 6) is -0.790. The van der Waals surface area contributed by atoms with Crippen molar-refractivity contribution in [3.05, 3.63) is 99.9 Å². The molecule has 8 heteroatoms. The molecule has 3 aromatic carbocycles. The zero-order valence-electron chi connectivity index (χ0n) is 20.4. The van der Waals surface area contributed by atoms with Crippen molar-refractivity contribution >= 4 is 44.3 Å².